The van der Waals surface area contributed by atoms with Gasteiger partial charge in [-0.2, -0.15) is 0 Å². The van der Waals surface area contributed by atoms with Crippen molar-refractivity contribution in [3.8, 4) is 28.2 Å². The summed E-state index contributed by atoms with van der Waals surface area (Å²) in [5.74, 6) is 1.33. The number of para-hydroxylation sites is 3. The molecule has 2 heterocycles. The standard InChI is InChI=1S/C50H35N3/c1-32-15-5-10-25-43(32)53-46-27-12-9-24-42(46)51-50(53)40-23-13-21-37-35-18-6-7-20-38(35)49-39(48(37)40)22-14-28-47(49)52-44-26-11-8-19-36(44)41-31-34(29-30-45(41)52)33-16-3-2-4-17-33/h2-32,43H,1H3. The molecular formula is C50H35N3. The Morgan fingerprint density at radius 2 is 1.13 bits per heavy atom. The molecule has 0 bridgehead atoms. The fourth-order valence-corrected chi connectivity index (χ4v) is 9.01. The summed E-state index contributed by atoms with van der Waals surface area (Å²) in [4.78, 5) is 5.42. The second-order valence-corrected chi connectivity index (χ2v) is 14.3. The molecule has 2 unspecified atom stereocenters. The van der Waals surface area contributed by atoms with Crippen molar-refractivity contribution in [1.82, 2.24) is 14.1 Å². The van der Waals surface area contributed by atoms with Crippen LogP contribution in [0.15, 0.2) is 182 Å². The maximum Gasteiger partial charge on any atom is 0.142 e. The lowest BCUT2D eigenvalue weighted by Crippen LogP contribution is -2.16. The monoisotopic (exact) mass is 677 g/mol. The number of rotatable bonds is 4. The Balaban J connectivity index is 1.26. The lowest BCUT2D eigenvalue weighted by molar-refractivity contribution is 0.500. The van der Waals surface area contributed by atoms with Crippen LogP contribution < -0.4 is 0 Å². The van der Waals surface area contributed by atoms with Gasteiger partial charge in [0.05, 0.1) is 33.8 Å². The zero-order chi connectivity index (χ0) is 35.0. The van der Waals surface area contributed by atoms with Crippen LogP contribution in [-0.2, 0) is 0 Å². The molecule has 0 fully saturated rings. The van der Waals surface area contributed by atoms with Crippen LogP contribution in [0.1, 0.15) is 13.0 Å². The zero-order valence-corrected chi connectivity index (χ0v) is 29.3. The maximum absolute atomic E-state index is 5.42. The first-order chi connectivity index (χ1) is 26.2. The van der Waals surface area contributed by atoms with Gasteiger partial charge < -0.3 is 9.13 Å². The van der Waals surface area contributed by atoms with Crippen LogP contribution in [0.5, 0.6) is 0 Å². The minimum atomic E-state index is 0.151. The SMILES string of the molecule is CC1C=CC=CC1n1c(-c2cccc3c4ccccc4c4c(-n5c6ccccc6c6cc(-c7ccccc7)ccc65)cccc4c23)nc2ccccc21. The van der Waals surface area contributed by atoms with E-state index in [4.69, 9.17) is 4.98 Å². The van der Waals surface area contributed by atoms with E-state index in [0.717, 1.165) is 22.4 Å². The molecule has 0 N–H and O–H groups in total. The smallest absolute Gasteiger partial charge is 0.142 e. The molecule has 2 aromatic heterocycles. The predicted molar refractivity (Wildman–Crippen MR) is 224 cm³/mol. The van der Waals surface area contributed by atoms with E-state index >= 15 is 0 Å². The van der Waals surface area contributed by atoms with Crippen LogP contribution in [0.25, 0.3) is 93.4 Å². The fourth-order valence-electron chi connectivity index (χ4n) is 9.01. The molecule has 3 heteroatoms. The Labute approximate surface area is 307 Å². The van der Waals surface area contributed by atoms with Crippen LogP contribution in [0.3, 0.4) is 0 Å². The van der Waals surface area contributed by atoms with Gasteiger partial charge in [0.25, 0.3) is 0 Å². The molecule has 1 aliphatic carbocycles. The summed E-state index contributed by atoms with van der Waals surface area (Å²) in [5.41, 5.74) is 9.34. The zero-order valence-electron chi connectivity index (χ0n) is 29.3. The minimum Gasteiger partial charge on any atom is -0.316 e. The van der Waals surface area contributed by atoms with Gasteiger partial charge in [-0.05, 0) is 75.0 Å². The molecule has 2 atom stereocenters. The molecule has 0 saturated carbocycles. The molecule has 1 aliphatic rings. The minimum absolute atomic E-state index is 0.151. The van der Waals surface area contributed by atoms with Gasteiger partial charge in [-0.15, -0.1) is 0 Å². The lowest BCUT2D eigenvalue weighted by Gasteiger charge is -2.25. The van der Waals surface area contributed by atoms with E-state index in [2.05, 4.69) is 198 Å². The normalized spacial score (nSPS) is 15.9. The Bertz CT molecular complexity index is 3140. The average Bonchev–Trinajstić information content (AvgIpc) is 3.77. The van der Waals surface area contributed by atoms with Gasteiger partial charge in [0.15, 0.2) is 0 Å². The molecule has 10 aromatic rings. The van der Waals surface area contributed by atoms with E-state index in [9.17, 15) is 0 Å². The summed E-state index contributed by atoms with van der Waals surface area (Å²) in [7, 11) is 0. The first-order valence-electron chi connectivity index (χ1n) is 18.5. The highest BCUT2D eigenvalue weighted by molar-refractivity contribution is 6.30. The van der Waals surface area contributed by atoms with Crippen molar-refractivity contribution < 1.29 is 0 Å². The molecule has 0 aliphatic heterocycles. The van der Waals surface area contributed by atoms with Crippen molar-refractivity contribution in [2.24, 2.45) is 5.92 Å². The molecule has 0 spiro atoms. The number of allylic oxidation sites excluding steroid dienone is 4. The Morgan fingerprint density at radius 3 is 2.00 bits per heavy atom. The van der Waals surface area contributed by atoms with Gasteiger partial charge in [-0.3, -0.25) is 0 Å². The van der Waals surface area contributed by atoms with E-state index in [1.54, 1.807) is 0 Å². The number of fused-ring (bicyclic) bond motifs is 10. The van der Waals surface area contributed by atoms with Gasteiger partial charge in [0.2, 0.25) is 0 Å². The maximum atomic E-state index is 5.42. The first-order valence-corrected chi connectivity index (χ1v) is 18.5. The molecule has 11 rings (SSSR count). The van der Waals surface area contributed by atoms with E-state index in [1.807, 2.05) is 0 Å². The summed E-state index contributed by atoms with van der Waals surface area (Å²) in [6.07, 6.45) is 8.97. The van der Waals surface area contributed by atoms with E-state index in [1.165, 1.54) is 70.9 Å². The highest BCUT2D eigenvalue weighted by Crippen LogP contribution is 2.45. The van der Waals surface area contributed by atoms with Crippen molar-refractivity contribution in [2.75, 3.05) is 0 Å². The third-order valence-corrected chi connectivity index (χ3v) is 11.4. The van der Waals surface area contributed by atoms with Gasteiger partial charge in [-0.1, -0.05) is 153 Å². The van der Waals surface area contributed by atoms with Crippen LogP contribution in [0, 0.1) is 5.92 Å². The van der Waals surface area contributed by atoms with Crippen molar-refractivity contribution in [3.63, 3.8) is 0 Å². The summed E-state index contributed by atoms with van der Waals surface area (Å²) in [5, 5.41) is 9.93. The van der Waals surface area contributed by atoms with Crippen molar-refractivity contribution in [1.29, 1.82) is 0 Å². The largest absolute Gasteiger partial charge is 0.316 e. The summed E-state index contributed by atoms with van der Waals surface area (Å²) < 4.78 is 4.95. The highest BCUT2D eigenvalue weighted by atomic mass is 15.1. The van der Waals surface area contributed by atoms with Crippen molar-refractivity contribution in [3.05, 3.63) is 182 Å². The average molecular weight is 678 g/mol. The quantitative estimate of drug-likeness (QED) is 0.170. The van der Waals surface area contributed by atoms with Gasteiger partial charge in [0.1, 0.15) is 5.82 Å². The van der Waals surface area contributed by atoms with Crippen LogP contribution in [0.4, 0.5) is 0 Å². The number of imidazole rings is 1. The van der Waals surface area contributed by atoms with E-state index < -0.39 is 0 Å². The molecule has 3 nitrogen and oxygen atoms in total. The molecule has 0 saturated heterocycles. The van der Waals surface area contributed by atoms with Gasteiger partial charge >= 0.3 is 0 Å². The van der Waals surface area contributed by atoms with Crippen LogP contribution in [-0.4, -0.2) is 14.1 Å². The lowest BCUT2D eigenvalue weighted by atomic mass is 9.90. The molecule has 0 radical (unpaired) electrons. The topological polar surface area (TPSA) is 22.8 Å². The number of aromatic nitrogens is 3. The third-order valence-electron chi connectivity index (χ3n) is 11.4. The Morgan fingerprint density at radius 1 is 0.472 bits per heavy atom. The van der Waals surface area contributed by atoms with Gasteiger partial charge in [0, 0.05) is 27.1 Å². The van der Waals surface area contributed by atoms with Crippen LogP contribution in [0.2, 0.25) is 0 Å². The molecular weight excluding hydrogens is 643 g/mol. The second kappa shape index (κ2) is 11.7. The molecule has 53 heavy (non-hydrogen) atoms. The van der Waals surface area contributed by atoms with Crippen LogP contribution >= 0.6 is 0 Å². The number of nitrogens with zero attached hydrogens (tertiary/aromatic N) is 3. The fraction of sp³-hybridized carbons (Fsp3) is 0.0600. The van der Waals surface area contributed by atoms with E-state index in [0.29, 0.717) is 5.92 Å². The summed E-state index contributed by atoms with van der Waals surface area (Å²) in [6, 6.07) is 57.8. The molecule has 8 aromatic carbocycles. The number of hydrogen-bond acceptors (Lipinski definition) is 1. The number of benzene rings is 8. The first kappa shape index (κ1) is 30.0. The number of hydrogen-bond donors (Lipinski definition) is 0. The molecule has 0 amide bonds. The van der Waals surface area contributed by atoms with Crippen molar-refractivity contribution >= 4 is 65.2 Å². The summed E-state index contributed by atoms with van der Waals surface area (Å²) in [6.45, 7) is 2.30. The third kappa shape index (κ3) is 4.44. The van der Waals surface area contributed by atoms with Crippen molar-refractivity contribution in [2.45, 2.75) is 13.0 Å². The second-order valence-electron chi connectivity index (χ2n) is 14.3. The Kier molecular flexibility index (Phi) is 6.59. The Hall–Kier alpha value is -6.71. The predicted octanol–water partition coefficient (Wildman–Crippen LogP) is 13.2. The summed E-state index contributed by atoms with van der Waals surface area (Å²) >= 11 is 0. The highest BCUT2D eigenvalue weighted by Gasteiger charge is 2.26. The van der Waals surface area contributed by atoms with E-state index in [-0.39, 0.29) is 6.04 Å². The molecule has 250 valence electrons. The van der Waals surface area contributed by atoms with Gasteiger partial charge in [-0.25, -0.2) is 4.98 Å².